The molecule has 0 aliphatic carbocycles. The van der Waals surface area contributed by atoms with E-state index in [2.05, 4.69) is 17.1 Å². The van der Waals surface area contributed by atoms with Gasteiger partial charge in [0.1, 0.15) is 5.75 Å². The molecule has 1 saturated heterocycles. The van der Waals surface area contributed by atoms with Gasteiger partial charge in [-0.3, -0.25) is 9.69 Å². The number of para-hydroxylation sites is 1. The van der Waals surface area contributed by atoms with Crippen LogP contribution in [-0.4, -0.2) is 56.3 Å². The number of carbonyl (C=O) groups excluding carboxylic acids is 1. The molecule has 1 aliphatic heterocycles. The van der Waals surface area contributed by atoms with Crippen LogP contribution in [0.1, 0.15) is 19.4 Å². The third kappa shape index (κ3) is 5.00. The lowest BCUT2D eigenvalue weighted by atomic mass is 10.1. The van der Waals surface area contributed by atoms with E-state index >= 15 is 0 Å². The van der Waals surface area contributed by atoms with Crippen LogP contribution in [0.15, 0.2) is 24.3 Å². The van der Waals surface area contributed by atoms with E-state index in [9.17, 15) is 4.79 Å². The van der Waals surface area contributed by atoms with E-state index in [0.29, 0.717) is 6.54 Å². The summed E-state index contributed by atoms with van der Waals surface area (Å²) in [5.74, 6) is 0.722. The lowest BCUT2D eigenvalue weighted by Crippen LogP contribution is -2.44. The Hall–Kier alpha value is -1.59. The van der Waals surface area contributed by atoms with Gasteiger partial charge in [0.05, 0.1) is 13.2 Å². The van der Waals surface area contributed by atoms with Crippen molar-refractivity contribution in [2.45, 2.75) is 26.4 Å². The van der Waals surface area contributed by atoms with Crippen molar-refractivity contribution in [3.05, 3.63) is 29.8 Å². The summed E-state index contributed by atoms with van der Waals surface area (Å²) < 4.78 is 11.1. The monoisotopic (exact) mass is 306 g/mol. The first-order valence-corrected chi connectivity index (χ1v) is 8.03. The summed E-state index contributed by atoms with van der Waals surface area (Å²) in [6.07, 6.45) is 0.402. The summed E-state index contributed by atoms with van der Waals surface area (Å²) in [5, 5.41) is 2.94. The minimum Gasteiger partial charge on any atom is -0.481 e. The predicted molar refractivity (Wildman–Crippen MR) is 86.2 cm³/mol. The molecule has 122 valence electrons. The van der Waals surface area contributed by atoms with E-state index in [1.54, 1.807) is 6.92 Å². The molecule has 1 aromatic carbocycles. The van der Waals surface area contributed by atoms with E-state index in [1.165, 1.54) is 0 Å². The van der Waals surface area contributed by atoms with Gasteiger partial charge in [0.2, 0.25) is 0 Å². The number of nitrogens with zero attached hydrogens (tertiary/aromatic N) is 1. The minimum absolute atomic E-state index is 0.0702. The molecule has 0 bridgehead atoms. The number of nitrogens with one attached hydrogen (secondary N) is 1. The molecule has 22 heavy (non-hydrogen) atoms. The fraction of sp³-hybridized carbons (Fsp3) is 0.588. The zero-order chi connectivity index (χ0) is 15.8. The summed E-state index contributed by atoms with van der Waals surface area (Å²) >= 11 is 0. The molecule has 1 N–H and O–H groups in total. The van der Waals surface area contributed by atoms with Crippen molar-refractivity contribution in [2.24, 2.45) is 0 Å². The van der Waals surface area contributed by atoms with Crippen molar-refractivity contribution in [3.63, 3.8) is 0 Å². The number of hydrogen-bond donors (Lipinski definition) is 1. The molecular formula is C17H26N2O3. The smallest absolute Gasteiger partial charge is 0.260 e. The zero-order valence-corrected chi connectivity index (χ0v) is 13.5. The van der Waals surface area contributed by atoms with Crippen LogP contribution in [-0.2, 0) is 16.0 Å². The largest absolute Gasteiger partial charge is 0.481 e. The highest BCUT2D eigenvalue weighted by Gasteiger charge is 2.16. The lowest BCUT2D eigenvalue weighted by Gasteiger charge is -2.26. The Bertz CT molecular complexity index is 473. The number of rotatable bonds is 7. The molecule has 5 heteroatoms. The topological polar surface area (TPSA) is 50.8 Å². The summed E-state index contributed by atoms with van der Waals surface area (Å²) in [6, 6.07) is 7.85. The van der Waals surface area contributed by atoms with Crippen LogP contribution < -0.4 is 10.1 Å². The van der Waals surface area contributed by atoms with Gasteiger partial charge in [0.15, 0.2) is 6.10 Å². The number of aryl methyl sites for hydroxylation is 1. The number of carbonyl (C=O) groups is 1. The highest BCUT2D eigenvalue weighted by molar-refractivity contribution is 5.80. The SMILES string of the molecule is CCc1ccccc1O[C@@H](C)C(=O)NCCN1CCOCC1. The van der Waals surface area contributed by atoms with Gasteiger partial charge in [-0.15, -0.1) is 0 Å². The average molecular weight is 306 g/mol. The van der Waals surface area contributed by atoms with Gasteiger partial charge >= 0.3 is 0 Å². The zero-order valence-electron chi connectivity index (χ0n) is 13.5. The van der Waals surface area contributed by atoms with E-state index in [4.69, 9.17) is 9.47 Å². The van der Waals surface area contributed by atoms with Crippen molar-refractivity contribution in [1.29, 1.82) is 0 Å². The Morgan fingerprint density at radius 3 is 2.82 bits per heavy atom. The van der Waals surface area contributed by atoms with E-state index in [0.717, 1.165) is 50.6 Å². The van der Waals surface area contributed by atoms with Crippen molar-refractivity contribution in [2.75, 3.05) is 39.4 Å². The fourth-order valence-corrected chi connectivity index (χ4v) is 2.46. The maximum atomic E-state index is 12.1. The molecule has 0 aromatic heterocycles. The van der Waals surface area contributed by atoms with Crippen molar-refractivity contribution >= 4 is 5.91 Å². The van der Waals surface area contributed by atoms with Crippen molar-refractivity contribution in [1.82, 2.24) is 10.2 Å². The van der Waals surface area contributed by atoms with Crippen molar-refractivity contribution < 1.29 is 14.3 Å². The minimum atomic E-state index is -0.489. The highest BCUT2D eigenvalue weighted by atomic mass is 16.5. The Balaban J connectivity index is 1.74. The Kier molecular flexibility index (Phi) is 6.68. The quantitative estimate of drug-likeness (QED) is 0.829. The van der Waals surface area contributed by atoms with Crippen LogP contribution >= 0.6 is 0 Å². The predicted octanol–water partition coefficient (Wildman–Crippen LogP) is 1.46. The summed E-state index contributed by atoms with van der Waals surface area (Å²) in [4.78, 5) is 14.4. The molecule has 0 saturated carbocycles. The number of ether oxygens (including phenoxy) is 2. The van der Waals surface area contributed by atoms with E-state index < -0.39 is 6.10 Å². The molecule has 1 fully saturated rings. The first-order chi connectivity index (χ1) is 10.7. The summed E-state index contributed by atoms with van der Waals surface area (Å²) in [5.41, 5.74) is 1.12. The van der Waals surface area contributed by atoms with Gasteiger partial charge < -0.3 is 14.8 Å². The van der Waals surface area contributed by atoms with Crippen LogP contribution in [0, 0.1) is 0 Å². The van der Waals surface area contributed by atoms with Gasteiger partial charge in [-0.1, -0.05) is 25.1 Å². The maximum Gasteiger partial charge on any atom is 0.260 e. The molecule has 0 radical (unpaired) electrons. The van der Waals surface area contributed by atoms with Crippen LogP contribution in [0.4, 0.5) is 0 Å². The molecule has 1 amide bonds. The standard InChI is InChI=1S/C17H26N2O3/c1-3-15-6-4-5-7-16(15)22-14(2)17(20)18-8-9-19-10-12-21-13-11-19/h4-7,14H,3,8-13H2,1-2H3,(H,18,20)/t14-/m0/s1. The average Bonchev–Trinajstić information content (AvgIpc) is 2.56. The number of amides is 1. The maximum absolute atomic E-state index is 12.1. The van der Waals surface area contributed by atoms with E-state index in [1.807, 2.05) is 24.3 Å². The second-order valence-electron chi connectivity index (χ2n) is 5.47. The molecule has 1 aromatic rings. The van der Waals surface area contributed by atoms with E-state index in [-0.39, 0.29) is 5.91 Å². The Morgan fingerprint density at radius 2 is 2.09 bits per heavy atom. The second-order valence-corrected chi connectivity index (χ2v) is 5.47. The molecule has 0 spiro atoms. The first-order valence-electron chi connectivity index (χ1n) is 8.03. The summed E-state index contributed by atoms with van der Waals surface area (Å²) in [6.45, 7) is 8.79. The van der Waals surface area contributed by atoms with Crippen LogP contribution in [0.5, 0.6) is 5.75 Å². The Labute approximate surface area is 132 Å². The molecule has 2 rings (SSSR count). The Morgan fingerprint density at radius 1 is 1.36 bits per heavy atom. The van der Waals surface area contributed by atoms with Crippen LogP contribution in [0.25, 0.3) is 0 Å². The van der Waals surface area contributed by atoms with Gasteiger partial charge in [0, 0.05) is 26.2 Å². The summed E-state index contributed by atoms with van der Waals surface area (Å²) in [7, 11) is 0. The molecular weight excluding hydrogens is 280 g/mol. The third-order valence-electron chi connectivity index (χ3n) is 3.86. The van der Waals surface area contributed by atoms with Gasteiger partial charge in [0.25, 0.3) is 5.91 Å². The van der Waals surface area contributed by atoms with Gasteiger partial charge in [-0.25, -0.2) is 0 Å². The first kappa shape index (κ1) is 16.8. The number of benzene rings is 1. The van der Waals surface area contributed by atoms with Crippen LogP contribution in [0.2, 0.25) is 0 Å². The molecule has 0 unspecified atom stereocenters. The molecule has 1 atom stereocenters. The van der Waals surface area contributed by atoms with Crippen LogP contribution in [0.3, 0.4) is 0 Å². The molecule has 1 heterocycles. The fourth-order valence-electron chi connectivity index (χ4n) is 2.46. The normalized spacial score (nSPS) is 17.0. The lowest BCUT2D eigenvalue weighted by molar-refractivity contribution is -0.127. The van der Waals surface area contributed by atoms with Gasteiger partial charge in [-0.2, -0.15) is 0 Å². The number of morpholine rings is 1. The van der Waals surface area contributed by atoms with Gasteiger partial charge in [-0.05, 0) is 25.0 Å². The molecule has 5 nitrogen and oxygen atoms in total. The third-order valence-corrected chi connectivity index (χ3v) is 3.86. The second kappa shape index (κ2) is 8.76. The molecule has 1 aliphatic rings. The van der Waals surface area contributed by atoms with Crippen molar-refractivity contribution in [3.8, 4) is 5.75 Å². The number of hydrogen-bond acceptors (Lipinski definition) is 4. The highest BCUT2D eigenvalue weighted by Crippen LogP contribution is 2.19.